The van der Waals surface area contributed by atoms with Crippen molar-refractivity contribution in [2.75, 3.05) is 25.6 Å². The molecule has 0 aromatic carbocycles. The third kappa shape index (κ3) is 3.54. The number of ether oxygens (including phenoxy) is 1. The molecule has 6 nitrogen and oxygen atoms in total. The summed E-state index contributed by atoms with van der Waals surface area (Å²) in [5.74, 6) is -1.01. The van der Waals surface area contributed by atoms with Crippen molar-refractivity contribution in [3.63, 3.8) is 0 Å². The number of rotatable bonds is 6. The summed E-state index contributed by atoms with van der Waals surface area (Å²) in [7, 11) is 1.59. The number of aryl methyl sites for hydroxylation is 1. The van der Waals surface area contributed by atoms with Gasteiger partial charge in [0.05, 0.1) is 12.2 Å². The first kappa shape index (κ1) is 15.8. The molecule has 0 atom stereocenters. The second kappa shape index (κ2) is 6.44. The summed E-state index contributed by atoms with van der Waals surface area (Å²) in [5, 5.41) is 12.5. The van der Waals surface area contributed by atoms with Gasteiger partial charge >= 0.3 is 12.0 Å². The number of hydrogen-bond donors (Lipinski definition) is 2. The normalized spacial score (nSPS) is 14.0. The van der Waals surface area contributed by atoms with Gasteiger partial charge in [-0.05, 0) is 32.3 Å². The lowest BCUT2D eigenvalue weighted by Gasteiger charge is -2.22. The number of nitrogens with one attached hydrogen (secondary N) is 1. The molecular weight excluding hydrogens is 292 g/mol. The Kier molecular flexibility index (Phi) is 4.84. The van der Waals surface area contributed by atoms with Crippen LogP contribution in [0.5, 0.6) is 0 Å². The van der Waals surface area contributed by atoms with E-state index in [0.717, 1.165) is 17.7 Å². The molecule has 2 amide bonds. The third-order valence-electron chi connectivity index (χ3n) is 3.60. The van der Waals surface area contributed by atoms with Crippen LogP contribution in [0.3, 0.4) is 0 Å². The minimum atomic E-state index is -1.01. The maximum atomic E-state index is 12.4. The average Bonchev–Trinajstić information content (AvgIpc) is 3.18. The number of carboxylic acids is 1. The number of carboxylic acid groups (broad SMARTS) is 1. The lowest BCUT2D eigenvalue weighted by Crippen LogP contribution is -2.39. The van der Waals surface area contributed by atoms with Crippen LogP contribution in [0.4, 0.5) is 9.80 Å². The molecule has 1 fully saturated rings. The van der Waals surface area contributed by atoms with E-state index in [2.05, 4.69) is 5.32 Å². The number of anilines is 1. The minimum absolute atomic E-state index is 0.188. The number of urea groups is 1. The fourth-order valence-corrected chi connectivity index (χ4v) is 3.21. The van der Waals surface area contributed by atoms with Crippen molar-refractivity contribution in [3.8, 4) is 0 Å². The molecule has 0 bridgehead atoms. The lowest BCUT2D eigenvalue weighted by molar-refractivity contribution is 0.0697. The van der Waals surface area contributed by atoms with Crippen LogP contribution in [-0.4, -0.2) is 48.3 Å². The highest BCUT2D eigenvalue weighted by atomic mass is 32.1. The standard InChI is InChI=1S/C14H20N2O4S/c1-8-9(2)21-12(11(8)13(17)18)15-14(19)16(6-7-20-3)10-4-5-10/h10H,4-7H2,1-3H3,(H,15,19)(H,17,18). The van der Waals surface area contributed by atoms with Crippen LogP contribution in [0.25, 0.3) is 0 Å². The molecule has 2 rings (SSSR count). The maximum Gasteiger partial charge on any atom is 0.338 e. The second-order valence-corrected chi connectivity index (χ2v) is 6.36. The molecule has 1 aliphatic rings. The highest BCUT2D eigenvalue weighted by Gasteiger charge is 2.33. The van der Waals surface area contributed by atoms with Gasteiger partial charge in [0, 0.05) is 24.6 Å². The number of thiophene rings is 1. The van der Waals surface area contributed by atoms with Crippen molar-refractivity contribution >= 4 is 28.3 Å². The van der Waals surface area contributed by atoms with E-state index in [1.165, 1.54) is 11.3 Å². The van der Waals surface area contributed by atoms with Crippen molar-refractivity contribution in [3.05, 3.63) is 16.0 Å². The molecule has 2 N–H and O–H groups in total. The molecule has 1 aromatic rings. The van der Waals surface area contributed by atoms with E-state index >= 15 is 0 Å². The monoisotopic (exact) mass is 312 g/mol. The van der Waals surface area contributed by atoms with Gasteiger partial charge in [0.25, 0.3) is 0 Å². The highest BCUT2D eigenvalue weighted by Crippen LogP contribution is 2.33. The topological polar surface area (TPSA) is 78.9 Å². The maximum absolute atomic E-state index is 12.4. The summed E-state index contributed by atoms with van der Waals surface area (Å²) in [6.07, 6.45) is 1.98. The van der Waals surface area contributed by atoms with Gasteiger partial charge in [-0.2, -0.15) is 0 Å². The first-order valence-electron chi connectivity index (χ1n) is 6.85. The number of carbonyl (C=O) groups excluding carboxylic acids is 1. The average molecular weight is 312 g/mol. The molecule has 0 unspecified atom stereocenters. The van der Waals surface area contributed by atoms with Gasteiger partial charge in [-0.1, -0.05) is 0 Å². The number of carbonyl (C=O) groups is 2. The van der Waals surface area contributed by atoms with Crippen molar-refractivity contribution in [2.24, 2.45) is 0 Å². The molecule has 0 radical (unpaired) electrons. The first-order chi connectivity index (χ1) is 9.95. The molecular formula is C14H20N2O4S. The van der Waals surface area contributed by atoms with Gasteiger partial charge in [-0.15, -0.1) is 11.3 Å². The Morgan fingerprint density at radius 2 is 2.10 bits per heavy atom. The Hall–Kier alpha value is -1.60. The van der Waals surface area contributed by atoms with Crippen LogP contribution in [0.15, 0.2) is 0 Å². The molecule has 1 aromatic heterocycles. The van der Waals surface area contributed by atoms with Gasteiger partial charge in [0.1, 0.15) is 5.00 Å². The van der Waals surface area contributed by atoms with Gasteiger partial charge in [0.15, 0.2) is 0 Å². The van der Waals surface area contributed by atoms with Gasteiger partial charge in [-0.25, -0.2) is 9.59 Å². The van der Waals surface area contributed by atoms with Crippen LogP contribution in [-0.2, 0) is 4.74 Å². The largest absolute Gasteiger partial charge is 0.478 e. The van der Waals surface area contributed by atoms with E-state index in [1.807, 2.05) is 6.92 Å². The molecule has 1 aliphatic carbocycles. The zero-order chi connectivity index (χ0) is 15.6. The summed E-state index contributed by atoms with van der Waals surface area (Å²) < 4.78 is 5.02. The molecule has 0 aliphatic heterocycles. The second-order valence-electron chi connectivity index (χ2n) is 5.14. The van der Waals surface area contributed by atoms with E-state index in [9.17, 15) is 14.7 Å². The van der Waals surface area contributed by atoms with Gasteiger partial charge in [-0.3, -0.25) is 5.32 Å². The molecule has 1 heterocycles. The Labute approximate surface area is 127 Å². The zero-order valence-corrected chi connectivity index (χ0v) is 13.2. The highest BCUT2D eigenvalue weighted by molar-refractivity contribution is 7.16. The van der Waals surface area contributed by atoms with Crippen LogP contribution in [0.1, 0.15) is 33.6 Å². The predicted octanol–water partition coefficient (Wildman–Crippen LogP) is 2.71. The van der Waals surface area contributed by atoms with Gasteiger partial charge < -0.3 is 14.7 Å². The Balaban J connectivity index is 2.14. The minimum Gasteiger partial charge on any atom is -0.478 e. The number of methoxy groups -OCH3 is 1. The predicted molar refractivity (Wildman–Crippen MR) is 81.4 cm³/mol. The molecule has 116 valence electrons. The fraction of sp³-hybridized carbons (Fsp3) is 0.571. The summed E-state index contributed by atoms with van der Waals surface area (Å²) in [5.41, 5.74) is 0.894. The van der Waals surface area contributed by atoms with Crippen molar-refractivity contribution in [2.45, 2.75) is 32.7 Å². The van der Waals surface area contributed by atoms with Crippen molar-refractivity contribution in [1.82, 2.24) is 4.90 Å². The smallest absolute Gasteiger partial charge is 0.338 e. The number of hydrogen-bond acceptors (Lipinski definition) is 4. The van der Waals surface area contributed by atoms with Gasteiger partial charge in [0.2, 0.25) is 0 Å². The molecule has 1 saturated carbocycles. The molecule has 0 saturated heterocycles. The molecule has 21 heavy (non-hydrogen) atoms. The summed E-state index contributed by atoms with van der Waals surface area (Å²) in [4.78, 5) is 26.3. The molecule has 7 heteroatoms. The van der Waals surface area contributed by atoms with E-state index in [1.54, 1.807) is 18.9 Å². The lowest BCUT2D eigenvalue weighted by atomic mass is 10.1. The number of nitrogens with zero attached hydrogens (tertiary/aromatic N) is 1. The van der Waals surface area contributed by atoms with Crippen LogP contribution in [0.2, 0.25) is 0 Å². The number of aromatic carboxylic acids is 1. The Morgan fingerprint density at radius 3 is 2.62 bits per heavy atom. The van der Waals surface area contributed by atoms with Crippen LogP contribution < -0.4 is 5.32 Å². The Morgan fingerprint density at radius 1 is 1.43 bits per heavy atom. The first-order valence-corrected chi connectivity index (χ1v) is 7.67. The van der Waals surface area contributed by atoms with E-state index < -0.39 is 5.97 Å². The van der Waals surface area contributed by atoms with Crippen LogP contribution in [0, 0.1) is 13.8 Å². The Bertz CT molecular complexity index is 551. The summed E-state index contributed by atoms with van der Waals surface area (Å²) in [6.45, 7) is 4.59. The van der Waals surface area contributed by atoms with Crippen molar-refractivity contribution in [1.29, 1.82) is 0 Å². The third-order valence-corrected chi connectivity index (χ3v) is 4.73. The SMILES string of the molecule is COCCN(C(=O)Nc1sc(C)c(C)c1C(=O)O)C1CC1. The fourth-order valence-electron chi connectivity index (χ4n) is 2.17. The van der Waals surface area contributed by atoms with E-state index in [0.29, 0.717) is 23.7 Å². The quantitative estimate of drug-likeness (QED) is 0.846. The molecule has 0 spiro atoms. The van der Waals surface area contributed by atoms with E-state index in [-0.39, 0.29) is 17.6 Å². The number of amides is 2. The zero-order valence-electron chi connectivity index (χ0n) is 12.4. The summed E-state index contributed by atoms with van der Waals surface area (Å²) >= 11 is 1.30. The van der Waals surface area contributed by atoms with Crippen molar-refractivity contribution < 1.29 is 19.4 Å². The van der Waals surface area contributed by atoms with Crippen LogP contribution >= 0.6 is 11.3 Å². The van der Waals surface area contributed by atoms with E-state index in [4.69, 9.17) is 4.74 Å². The summed E-state index contributed by atoms with van der Waals surface area (Å²) in [6, 6.07) is -0.00566.